The molecule has 0 aromatic heterocycles. The van der Waals surface area contributed by atoms with Crippen molar-refractivity contribution in [1.29, 1.82) is 0 Å². The summed E-state index contributed by atoms with van der Waals surface area (Å²) in [6.45, 7) is 4.43. The van der Waals surface area contributed by atoms with Gasteiger partial charge in [0.1, 0.15) is 0 Å². The van der Waals surface area contributed by atoms with Gasteiger partial charge < -0.3 is 11.2 Å². The summed E-state index contributed by atoms with van der Waals surface area (Å²) in [7, 11) is -4.36. The minimum Gasteiger partial charge on any atom is -1.00 e. The Morgan fingerprint density at radius 3 is 1.25 bits per heavy atom. The van der Waals surface area contributed by atoms with Crippen LogP contribution in [0.1, 0.15) is 137 Å². The predicted molar refractivity (Wildman–Crippen MR) is 117 cm³/mol. The van der Waals surface area contributed by atoms with Crippen molar-refractivity contribution >= 4 is 7.82 Å². The maximum absolute atomic E-state index is 11.1. The van der Waals surface area contributed by atoms with Gasteiger partial charge in [0.2, 0.25) is 0 Å². The van der Waals surface area contributed by atoms with Crippen LogP contribution in [0.3, 0.4) is 0 Å². The van der Waals surface area contributed by atoms with Crippen LogP contribution in [0.15, 0.2) is 0 Å². The van der Waals surface area contributed by atoms with Crippen LogP contribution in [-0.2, 0) is 9.09 Å². The molecule has 6 heteroatoms. The Labute approximate surface area is 219 Å². The molecule has 28 heavy (non-hydrogen) atoms. The molecule has 0 bridgehead atoms. The van der Waals surface area contributed by atoms with Gasteiger partial charge in [0.25, 0.3) is 0 Å². The van der Waals surface area contributed by atoms with Gasteiger partial charge in [-0.1, -0.05) is 123 Å². The van der Waals surface area contributed by atoms with Crippen molar-refractivity contribution in [3.63, 3.8) is 0 Å². The SMILES string of the molecule is CCCCCCCCCCCCCCCC(CCCCCC)OP(=O)(O)O.[H-].[K+]. The molecule has 0 saturated carbocycles. The molecule has 0 spiro atoms. The van der Waals surface area contributed by atoms with Gasteiger partial charge in [-0.25, -0.2) is 4.57 Å². The molecule has 1 atom stereocenters. The molecule has 0 aromatic carbocycles. The van der Waals surface area contributed by atoms with Crippen molar-refractivity contribution in [2.75, 3.05) is 0 Å². The second kappa shape index (κ2) is 23.4. The topological polar surface area (TPSA) is 66.8 Å². The van der Waals surface area contributed by atoms with Crippen molar-refractivity contribution in [3.8, 4) is 0 Å². The third-order valence-electron chi connectivity index (χ3n) is 5.30. The third-order valence-corrected chi connectivity index (χ3v) is 5.87. The minimum atomic E-state index is -4.36. The fraction of sp³-hybridized carbons (Fsp3) is 1.00. The van der Waals surface area contributed by atoms with E-state index < -0.39 is 7.82 Å². The average molecular weight is 447 g/mol. The van der Waals surface area contributed by atoms with Gasteiger partial charge in [-0.3, -0.25) is 4.52 Å². The van der Waals surface area contributed by atoms with Crippen LogP contribution in [0, 0.1) is 0 Å². The quantitative estimate of drug-likeness (QED) is 0.147. The normalized spacial score (nSPS) is 12.7. The average Bonchev–Trinajstić information content (AvgIpc) is 2.61. The summed E-state index contributed by atoms with van der Waals surface area (Å²) in [6, 6.07) is 0. The first-order valence-electron chi connectivity index (χ1n) is 11.7. The van der Waals surface area contributed by atoms with Crippen molar-refractivity contribution in [3.05, 3.63) is 0 Å². The Balaban J connectivity index is -0.00000338. The van der Waals surface area contributed by atoms with Gasteiger partial charge in [-0.15, -0.1) is 0 Å². The predicted octanol–water partition coefficient (Wildman–Crippen LogP) is 5.03. The zero-order chi connectivity index (χ0) is 20.2. The minimum absolute atomic E-state index is 0. The van der Waals surface area contributed by atoms with Gasteiger partial charge in [0.05, 0.1) is 6.10 Å². The Morgan fingerprint density at radius 2 is 0.929 bits per heavy atom. The first kappa shape index (κ1) is 31.9. The molecule has 1 unspecified atom stereocenters. The molecule has 4 nitrogen and oxygen atoms in total. The first-order valence-corrected chi connectivity index (χ1v) is 13.3. The van der Waals surface area contributed by atoms with Crippen LogP contribution in [0.5, 0.6) is 0 Å². The Kier molecular flexibility index (Phi) is 26.7. The van der Waals surface area contributed by atoms with E-state index in [1.165, 1.54) is 83.5 Å². The summed E-state index contributed by atoms with van der Waals surface area (Å²) in [5.74, 6) is 0. The van der Waals surface area contributed by atoms with Crippen molar-refractivity contribution < 1.29 is 71.7 Å². The third kappa shape index (κ3) is 25.8. The molecule has 0 aliphatic rings. The van der Waals surface area contributed by atoms with Crippen molar-refractivity contribution in [1.82, 2.24) is 0 Å². The van der Waals surface area contributed by atoms with Crippen LogP contribution >= 0.6 is 7.82 Å². The first-order chi connectivity index (χ1) is 13.0. The standard InChI is InChI=1S/C22H47O4P.K.H/c1-3-5-7-9-10-11-12-13-14-15-16-17-19-21-22(26-27(23,24)25)20-18-8-6-4-2;;/h22H,3-21H2,1-2H3,(H2,23,24,25);;/q;+1;-1. The Bertz CT molecular complexity index is 356. The second-order valence-electron chi connectivity index (χ2n) is 8.10. The van der Waals surface area contributed by atoms with E-state index in [1.54, 1.807) is 0 Å². The maximum Gasteiger partial charge on any atom is 1.00 e. The molecule has 0 fully saturated rings. The van der Waals surface area contributed by atoms with Crippen LogP contribution < -0.4 is 51.4 Å². The second-order valence-corrected chi connectivity index (χ2v) is 9.29. The zero-order valence-corrected chi connectivity index (χ0v) is 23.2. The Hall–Kier alpha value is 1.75. The summed E-state index contributed by atoms with van der Waals surface area (Å²) < 4.78 is 16.1. The molecular formula is C22H48KO4P. The van der Waals surface area contributed by atoms with Gasteiger partial charge >= 0.3 is 59.2 Å². The van der Waals surface area contributed by atoms with Crippen LogP contribution in [0.25, 0.3) is 0 Å². The molecule has 2 N–H and O–H groups in total. The maximum atomic E-state index is 11.1. The van der Waals surface area contributed by atoms with E-state index in [2.05, 4.69) is 13.8 Å². The van der Waals surface area contributed by atoms with E-state index in [1.807, 2.05) is 0 Å². The van der Waals surface area contributed by atoms with Crippen LogP contribution in [0.2, 0.25) is 0 Å². The van der Waals surface area contributed by atoms with Gasteiger partial charge in [-0.05, 0) is 12.8 Å². The van der Waals surface area contributed by atoms with E-state index in [4.69, 9.17) is 14.3 Å². The summed E-state index contributed by atoms with van der Waals surface area (Å²) in [6.07, 6.45) is 22.8. The van der Waals surface area contributed by atoms with Crippen LogP contribution in [0.4, 0.5) is 0 Å². The molecule has 166 valence electrons. The summed E-state index contributed by atoms with van der Waals surface area (Å²) in [4.78, 5) is 18.2. The Morgan fingerprint density at radius 1 is 0.643 bits per heavy atom. The van der Waals surface area contributed by atoms with E-state index >= 15 is 0 Å². The van der Waals surface area contributed by atoms with E-state index in [-0.39, 0.29) is 58.9 Å². The van der Waals surface area contributed by atoms with Crippen molar-refractivity contribution in [2.24, 2.45) is 0 Å². The molecule has 0 amide bonds. The van der Waals surface area contributed by atoms with E-state index in [0.29, 0.717) is 0 Å². The molecule has 0 radical (unpaired) electrons. The summed E-state index contributed by atoms with van der Waals surface area (Å²) >= 11 is 0. The van der Waals surface area contributed by atoms with Gasteiger partial charge in [-0.2, -0.15) is 0 Å². The van der Waals surface area contributed by atoms with Crippen LogP contribution in [-0.4, -0.2) is 15.9 Å². The molecule has 0 rings (SSSR count). The fourth-order valence-corrected chi connectivity index (χ4v) is 4.23. The molecular weight excluding hydrogens is 398 g/mol. The number of hydrogen-bond acceptors (Lipinski definition) is 2. The number of unbranched alkanes of at least 4 members (excludes halogenated alkanes) is 15. The van der Waals surface area contributed by atoms with Gasteiger partial charge in [0.15, 0.2) is 0 Å². The smallest absolute Gasteiger partial charge is 1.00 e. The van der Waals surface area contributed by atoms with E-state index in [0.717, 1.165) is 38.5 Å². The van der Waals surface area contributed by atoms with Gasteiger partial charge in [0, 0.05) is 0 Å². The number of hydrogen-bond donors (Lipinski definition) is 2. The molecule has 0 aliphatic heterocycles. The molecule has 0 saturated heterocycles. The summed E-state index contributed by atoms with van der Waals surface area (Å²) in [5, 5.41) is 0. The largest absolute Gasteiger partial charge is 1.00 e. The monoisotopic (exact) mass is 446 g/mol. The summed E-state index contributed by atoms with van der Waals surface area (Å²) in [5.41, 5.74) is 0. The molecule has 0 aliphatic carbocycles. The van der Waals surface area contributed by atoms with Crippen molar-refractivity contribution in [2.45, 2.75) is 142 Å². The number of rotatable bonds is 21. The molecule has 0 heterocycles. The van der Waals surface area contributed by atoms with E-state index in [9.17, 15) is 4.57 Å². The molecule has 0 aromatic rings. The number of phosphoric acid groups is 1. The number of phosphoric ester groups is 1. The zero-order valence-electron chi connectivity index (χ0n) is 20.2. The fourth-order valence-electron chi connectivity index (χ4n) is 3.63.